The number of rotatable bonds is 4. The molecule has 0 amide bonds. The van der Waals surface area contributed by atoms with E-state index in [1.165, 1.54) is 0 Å². The summed E-state index contributed by atoms with van der Waals surface area (Å²) < 4.78 is 5.42. The van der Waals surface area contributed by atoms with E-state index in [0.717, 1.165) is 13.0 Å². The first kappa shape index (κ1) is 8.92. The maximum atomic E-state index is 5.42. The van der Waals surface area contributed by atoms with Gasteiger partial charge in [-0.25, -0.2) is 0 Å². The van der Waals surface area contributed by atoms with Crippen molar-refractivity contribution in [2.75, 3.05) is 13.7 Å². The third-order valence-corrected chi connectivity index (χ3v) is 1.67. The maximum Gasteiger partial charge on any atom is 0.115 e. The van der Waals surface area contributed by atoms with Gasteiger partial charge in [0.2, 0.25) is 0 Å². The standard InChI is InChI=1S/C7H17NO/c1-5-7(3,8-4)9-6-2/h8H,5-6H2,1-4H3. The van der Waals surface area contributed by atoms with Gasteiger partial charge in [-0.2, -0.15) is 0 Å². The molecule has 0 aromatic carbocycles. The molecule has 2 heteroatoms. The lowest BCUT2D eigenvalue weighted by Crippen LogP contribution is -2.41. The maximum absolute atomic E-state index is 5.42. The zero-order valence-corrected chi connectivity index (χ0v) is 6.82. The fourth-order valence-electron chi connectivity index (χ4n) is 0.670. The predicted molar refractivity (Wildman–Crippen MR) is 39.4 cm³/mol. The molecule has 0 rings (SSSR count). The quantitative estimate of drug-likeness (QED) is 0.582. The van der Waals surface area contributed by atoms with E-state index in [1.54, 1.807) is 0 Å². The average molecular weight is 131 g/mol. The lowest BCUT2D eigenvalue weighted by molar-refractivity contribution is -0.0482. The Hall–Kier alpha value is -0.0800. The summed E-state index contributed by atoms with van der Waals surface area (Å²) in [5.41, 5.74) is -0.116. The third-order valence-electron chi connectivity index (χ3n) is 1.67. The molecule has 2 nitrogen and oxygen atoms in total. The van der Waals surface area contributed by atoms with Gasteiger partial charge < -0.3 is 4.74 Å². The summed E-state index contributed by atoms with van der Waals surface area (Å²) in [6.07, 6.45) is 0.997. The van der Waals surface area contributed by atoms with E-state index in [9.17, 15) is 0 Å². The smallest absolute Gasteiger partial charge is 0.115 e. The molecule has 1 atom stereocenters. The van der Waals surface area contributed by atoms with Gasteiger partial charge in [-0.15, -0.1) is 0 Å². The molecule has 1 N–H and O–H groups in total. The van der Waals surface area contributed by atoms with Crippen LogP contribution in [0.4, 0.5) is 0 Å². The molecule has 0 fully saturated rings. The normalized spacial score (nSPS) is 17.3. The largest absolute Gasteiger partial charge is 0.361 e. The molecule has 0 bridgehead atoms. The summed E-state index contributed by atoms with van der Waals surface area (Å²) >= 11 is 0. The predicted octanol–water partition coefficient (Wildman–Crippen LogP) is 1.37. The van der Waals surface area contributed by atoms with Crippen molar-refractivity contribution in [3.05, 3.63) is 0 Å². The van der Waals surface area contributed by atoms with E-state index in [4.69, 9.17) is 4.74 Å². The van der Waals surface area contributed by atoms with Crippen LogP contribution in [0, 0.1) is 0 Å². The van der Waals surface area contributed by atoms with Gasteiger partial charge in [0.25, 0.3) is 0 Å². The molecule has 9 heavy (non-hydrogen) atoms. The lowest BCUT2D eigenvalue weighted by atomic mass is 10.2. The molecule has 0 aromatic rings. The van der Waals surface area contributed by atoms with Crippen molar-refractivity contribution in [3.63, 3.8) is 0 Å². The Morgan fingerprint density at radius 3 is 2.11 bits per heavy atom. The second-order valence-electron chi connectivity index (χ2n) is 2.27. The molecular weight excluding hydrogens is 114 g/mol. The van der Waals surface area contributed by atoms with Crippen LogP contribution in [0.2, 0.25) is 0 Å². The average Bonchev–Trinajstić information content (AvgIpc) is 1.89. The van der Waals surface area contributed by atoms with E-state index in [0.29, 0.717) is 0 Å². The van der Waals surface area contributed by atoms with Crippen LogP contribution in [0.3, 0.4) is 0 Å². The molecule has 1 unspecified atom stereocenters. The monoisotopic (exact) mass is 131 g/mol. The van der Waals surface area contributed by atoms with Crippen molar-refractivity contribution in [2.45, 2.75) is 32.9 Å². The van der Waals surface area contributed by atoms with Gasteiger partial charge in [-0.05, 0) is 27.3 Å². The number of ether oxygens (including phenoxy) is 1. The van der Waals surface area contributed by atoms with Crippen LogP contribution in [-0.2, 0) is 4.74 Å². The summed E-state index contributed by atoms with van der Waals surface area (Å²) in [5, 5.41) is 3.11. The zero-order chi connectivity index (χ0) is 7.33. The Morgan fingerprint density at radius 2 is 2.00 bits per heavy atom. The molecule has 0 saturated carbocycles. The summed E-state index contributed by atoms with van der Waals surface area (Å²) in [7, 11) is 1.92. The van der Waals surface area contributed by atoms with E-state index >= 15 is 0 Å². The Labute approximate surface area is 57.6 Å². The fourth-order valence-corrected chi connectivity index (χ4v) is 0.670. The summed E-state index contributed by atoms with van der Waals surface area (Å²) in [4.78, 5) is 0. The van der Waals surface area contributed by atoms with Crippen molar-refractivity contribution in [1.82, 2.24) is 5.32 Å². The van der Waals surface area contributed by atoms with Crippen molar-refractivity contribution in [3.8, 4) is 0 Å². The second kappa shape index (κ2) is 3.85. The van der Waals surface area contributed by atoms with Crippen molar-refractivity contribution in [1.29, 1.82) is 0 Å². The Kier molecular flexibility index (Phi) is 3.82. The van der Waals surface area contributed by atoms with Crippen LogP contribution < -0.4 is 5.32 Å². The Balaban J connectivity index is 3.62. The second-order valence-corrected chi connectivity index (χ2v) is 2.27. The van der Waals surface area contributed by atoms with Gasteiger partial charge in [0.05, 0.1) is 0 Å². The summed E-state index contributed by atoms with van der Waals surface area (Å²) in [6.45, 7) is 6.93. The van der Waals surface area contributed by atoms with Crippen molar-refractivity contribution in [2.24, 2.45) is 0 Å². The lowest BCUT2D eigenvalue weighted by Gasteiger charge is -2.27. The van der Waals surface area contributed by atoms with Crippen LogP contribution in [0.15, 0.2) is 0 Å². The minimum Gasteiger partial charge on any atom is -0.361 e. The Morgan fingerprint density at radius 1 is 1.44 bits per heavy atom. The molecule has 0 radical (unpaired) electrons. The highest BCUT2D eigenvalue weighted by Gasteiger charge is 2.17. The van der Waals surface area contributed by atoms with Crippen LogP contribution >= 0.6 is 0 Å². The van der Waals surface area contributed by atoms with Crippen molar-refractivity contribution < 1.29 is 4.74 Å². The highest BCUT2D eigenvalue weighted by atomic mass is 16.5. The van der Waals surface area contributed by atoms with Crippen LogP contribution in [0.25, 0.3) is 0 Å². The first-order chi connectivity index (χ1) is 4.18. The topological polar surface area (TPSA) is 21.3 Å². The minimum atomic E-state index is -0.116. The highest BCUT2D eigenvalue weighted by molar-refractivity contribution is 4.66. The number of hydrogen-bond donors (Lipinski definition) is 1. The van der Waals surface area contributed by atoms with Crippen LogP contribution in [-0.4, -0.2) is 19.4 Å². The van der Waals surface area contributed by atoms with E-state index in [1.807, 2.05) is 14.0 Å². The first-order valence-corrected chi connectivity index (χ1v) is 3.51. The highest BCUT2D eigenvalue weighted by Crippen LogP contribution is 2.08. The summed E-state index contributed by atoms with van der Waals surface area (Å²) in [5.74, 6) is 0. The van der Waals surface area contributed by atoms with Gasteiger partial charge in [-0.3, -0.25) is 5.32 Å². The first-order valence-electron chi connectivity index (χ1n) is 3.51. The van der Waals surface area contributed by atoms with Crippen LogP contribution in [0.1, 0.15) is 27.2 Å². The van der Waals surface area contributed by atoms with E-state index in [2.05, 4.69) is 19.2 Å². The molecule has 0 aliphatic carbocycles. The molecule has 0 aliphatic rings. The zero-order valence-electron chi connectivity index (χ0n) is 6.82. The molecular formula is C7H17NO. The molecule has 0 aromatic heterocycles. The molecule has 0 saturated heterocycles. The SMILES string of the molecule is CCOC(C)(CC)NC. The van der Waals surface area contributed by atoms with Crippen LogP contribution in [0.5, 0.6) is 0 Å². The molecule has 0 aliphatic heterocycles. The molecule has 0 heterocycles. The number of nitrogens with one attached hydrogen (secondary N) is 1. The van der Waals surface area contributed by atoms with Gasteiger partial charge in [0, 0.05) is 6.61 Å². The van der Waals surface area contributed by atoms with Gasteiger partial charge in [0.15, 0.2) is 0 Å². The minimum absolute atomic E-state index is 0.116. The number of hydrogen-bond acceptors (Lipinski definition) is 2. The molecule has 0 spiro atoms. The third kappa shape index (κ3) is 2.82. The molecule has 56 valence electrons. The van der Waals surface area contributed by atoms with Gasteiger partial charge in [0.1, 0.15) is 5.72 Å². The fraction of sp³-hybridized carbons (Fsp3) is 1.00. The Bertz CT molecular complexity index is 69.3. The summed E-state index contributed by atoms with van der Waals surface area (Å²) in [6, 6.07) is 0. The van der Waals surface area contributed by atoms with Gasteiger partial charge >= 0.3 is 0 Å². The van der Waals surface area contributed by atoms with Gasteiger partial charge in [-0.1, -0.05) is 6.92 Å². The van der Waals surface area contributed by atoms with E-state index < -0.39 is 0 Å². The van der Waals surface area contributed by atoms with E-state index in [-0.39, 0.29) is 5.72 Å². The van der Waals surface area contributed by atoms with Crippen molar-refractivity contribution >= 4 is 0 Å².